The Hall–Kier alpha value is -2.64. The first-order chi connectivity index (χ1) is 14.3. The third kappa shape index (κ3) is 3.45. The summed E-state index contributed by atoms with van der Waals surface area (Å²) in [7, 11) is 0. The Morgan fingerprint density at radius 2 is 1.59 bits per heavy atom. The van der Waals surface area contributed by atoms with Gasteiger partial charge in [0.15, 0.2) is 0 Å². The van der Waals surface area contributed by atoms with Crippen molar-refractivity contribution in [2.45, 2.75) is 39.0 Å². The van der Waals surface area contributed by atoms with Crippen molar-refractivity contribution in [2.75, 3.05) is 0 Å². The normalized spacial score (nSPS) is 12.2. The highest BCUT2D eigenvalue weighted by molar-refractivity contribution is 7.26. The molecular formula is C28H26S. The van der Waals surface area contributed by atoms with E-state index in [1.807, 2.05) is 11.3 Å². The SMILES string of the molecule is CCCCCC/C=C/c1ccc2c(c1)sc1ccc3c4ccccc4ccc3c12. The first-order valence-electron chi connectivity index (χ1n) is 10.8. The smallest absolute Gasteiger partial charge is 0.0361 e. The van der Waals surface area contributed by atoms with E-state index in [1.165, 1.54) is 79.4 Å². The fourth-order valence-corrected chi connectivity index (χ4v) is 5.56. The Labute approximate surface area is 176 Å². The molecule has 4 aromatic carbocycles. The highest BCUT2D eigenvalue weighted by Crippen LogP contribution is 2.40. The van der Waals surface area contributed by atoms with E-state index < -0.39 is 0 Å². The standard InChI is InChI=1S/C28H26S/c1-2-3-4-5-6-7-10-20-13-15-25-27(19-20)29-26-18-17-23-22-12-9-8-11-21(22)14-16-24(23)28(25)26/h7-19H,2-6H2,1H3/b10-7+. The van der Waals surface area contributed by atoms with E-state index in [-0.39, 0.29) is 0 Å². The van der Waals surface area contributed by atoms with Crippen molar-refractivity contribution >= 4 is 59.1 Å². The molecule has 0 aliphatic heterocycles. The van der Waals surface area contributed by atoms with Crippen molar-refractivity contribution < 1.29 is 0 Å². The van der Waals surface area contributed by atoms with Crippen LogP contribution in [0.15, 0.2) is 72.8 Å². The van der Waals surface area contributed by atoms with Crippen LogP contribution in [0.3, 0.4) is 0 Å². The molecule has 5 rings (SSSR count). The molecular weight excluding hydrogens is 368 g/mol. The minimum absolute atomic E-state index is 1.18. The van der Waals surface area contributed by atoms with E-state index in [0.29, 0.717) is 0 Å². The van der Waals surface area contributed by atoms with E-state index in [1.54, 1.807) is 0 Å². The van der Waals surface area contributed by atoms with Crippen LogP contribution < -0.4 is 0 Å². The van der Waals surface area contributed by atoms with Crippen molar-refractivity contribution in [3.63, 3.8) is 0 Å². The van der Waals surface area contributed by atoms with Crippen LogP contribution in [0.2, 0.25) is 0 Å². The van der Waals surface area contributed by atoms with Gasteiger partial charge in [-0.2, -0.15) is 0 Å². The zero-order valence-electron chi connectivity index (χ0n) is 16.9. The Bertz CT molecular complexity index is 1340. The van der Waals surface area contributed by atoms with Crippen LogP contribution in [-0.2, 0) is 0 Å². The summed E-state index contributed by atoms with van der Waals surface area (Å²) in [6.45, 7) is 2.27. The van der Waals surface area contributed by atoms with Gasteiger partial charge >= 0.3 is 0 Å². The summed E-state index contributed by atoms with van der Waals surface area (Å²) in [5.74, 6) is 0. The van der Waals surface area contributed by atoms with Crippen LogP contribution in [0.25, 0.3) is 47.8 Å². The van der Waals surface area contributed by atoms with E-state index in [0.717, 1.165) is 0 Å². The summed E-state index contributed by atoms with van der Waals surface area (Å²) in [4.78, 5) is 0. The van der Waals surface area contributed by atoms with Crippen LogP contribution in [-0.4, -0.2) is 0 Å². The highest BCUT2D eigenvalue weighted by Gasteiger charge is 2.10. The van der Waals surface area contributed by atoms with Gasteiger partial charge in [-0.05, 0) is 52.1 Å². The molecule has 0 fully saturated rings. The van der Waals surface area contributed by atoms with Gasteiger partial charge < -0.3 is 0 Å². The fourth-order valence-electron chi connectivity index (χ4n) is 4.39. The van der Waals surface area contributed by atoms with Gasteiger partial charge in [0.1, 0.15) is 0 Å². The van der Waals surface area contributed by atoms with Crippen molar-refractivity contribution in [3.05, 3.63) is 78.4 Å². The number of fused-ring (bicyclic) bond motifs is 7. The Balaban J connectivity index is 1.56. The second kappa shape index (κ2) is 8.00. The van der Waals surface area contributed by atoms with Crippen molar-refractivity contribution in [3.8, 4) is 0 Å². The molecule has 0 unspecified atom stereocenters. The average Bonchev–Trinajstić information content (AvgIpc) is 3.14. The van der Waals surface area contributed by atoms with E-state index in [2.05, 4.69) is 85.8 Å². The minimum atomic E-state index is 1.18. The first-order valence-corrected chi connectivity index (χ1v) is 11.6. The zero-order valence-corrected chi connectivity index (χ0v) is 17.8. The molecule has 0 amide bonds. The molecule has 0 saturated heterocycles. The van der Waals surface area contributed by atoms with E-state index in [4.69, 9.17) is 0 Å². The van der Waals surface area contributed by atoms with Gasteiger partial charge in [0, 0.05) is 20.2 Å². The van der Waals surface area contributed by atoms with Crippen LogP contribution in [0, 0.1) is 0 Å². The zero-order chi connectivity index (χ0) is 19.6. The minimum Gasteiger partial charge on any atom is -0.135 e. The lowest BCUT2D eigenvalue weighted by atomic mass is 9.98. The topological polar surface area (TPSA) is 0 Å². The van der Waals surface area contributed by atoms with Crippen molar-refractivity contribution in [1.82, 2.24) is 0 Å². The number of benzene rings is 4. The van der Waals surface area contributed by atoms with Crippen LogP contribution in [0.4, 0.5) is 0 Å². The number of thiophene rings is 1. The summed E-state index contributed by atoms with van der Waals surface area (Å²) < 4.78 is 2.76. The monoisotopic (exact) mass is 394 g/mol. The average molecular weight is 395 g/mol. The molecule has 1 heteroatoms. The maximum atomic E-state index is 2.36. The van der Waals surface area contributed by atoms with Crippen molar-refractivity contribution in [2.24, 2.45) is 0 Å². The highest BCUT2D eigenvalue weighted by atomic mass is 32.1. The first kappa shape index (κ1) is 18.4. The maximum absolute atomic E-state index is 2.36. The van der Waals surface area contributed by atoms with E-state index in [9.17, 15) is 0 Å². The summed E-state index contributed by atoms with van der Waals surface area (Å²) in [6.07, 6.45) is 11.1. The van der Waals surface area contributed by atoms with Gasteiger partial charge in [-0.3, -0.25) is 0 Å². The molecule has 0 radical (unpaired) electrons. The molecule has 0 N–H and O–H groups in total. The van der Waals surface area contributed by atoms with Gasteiger partial charge in [-0.1, -0.05) is 92.9 Å². The Kier molecular flexibility index (Phi) is 5.08. The predicted octanol–water partition coefficient (Wildman–Crippen LogP) is 9.34. The molecule has 5 aromatic rings. The lowest BCUT2D eigenvalue weighted by Gasteiger charge is -2.05. The summed E-state index contributed by atoms with van der Waals surface area (Å²) in [6, 6.07) is 24.8. The van der Waals surface area contributed by atoms with Crippen LogP contribution >= 0.6 is 11.3 Å². The van der Waals surface area contributed by atoms with Gasteiger partial charge in [0.05, 0.1) is 0 Å². The molecule has 0 aliphatic carbocycles. The van der Waals surface area contributed by atoms with Gasteiger partial charge in [-0.25, -0.2) is 0 Å². The third-order valence-electron chi connectivity index (χ3n) is 5.92. The largest absolute Gasteiger partial charge is 0.135 e. The molecule has 0 saturated carbocycles. The molecule has 0 nitrogen and oxygen atoms in total. The quantitative estimate of drug-likeness (QED) is 0.199. The summed E-state index contributed by atoms with van der Waals surface area (Å²) in [5.41, 5.74) is 1.31. The maximum Gasteiger partial charge on any atom is 0.0361 e. The number of hydrogen-bond donors (Lipinski definition) is 0. The second-order valence-electron chi connectivity index (χ2n) is 7.93. The molecule has 1 heterocycles. The molecule has 0 aliphatic rings. The number of allylic oxidation sites excluding steroid dienone is 1. The van der Waals surface area contributed by atoms with E-state index >= 15 is 0 Å². The summed E-state index contributed by atoms with van der Waals surface area (Å²) >= 11 is 1.91. The molecule has 29 heavy (non-hydrogen) atoms. The van der Waals surface area contributed by atoms with Gasteiger partial charge in [-0.15, -0.1) is 11.3 Å². The molecule has 0 atom stereocenters. The number of hydrogen-bond acceptors (Lipinski definition) is 1. The molecule has 144 valence electrons. The van der Waals surface area contributed by atoms with Gasteiger partial charge in [0.2, 0.25) is 0 Å². The van der Waals surface area contributed by atoms with Crippen LogP contribution in [0.5, 0.6) is 0 Å². The lowest BCUT2D eigenvalue weighted by molar-refractivity contribution is 0.675. The lowest BCUT2D eigenvalue weighted by Crippen LogP contribution is -1.79. The Morgan fingerprint density at radius 3 is 2.52 bits per heavy atom. The second-order valence-corrected chi connectivity index (χ2v) is 9.01. The molecule has 0 bridgehead atoms. The Morgan fingerprint density at radius 1 is 0.724 bits per heavy atom. The van der Waals surface area contributed by atoms with Crippen molar-refractivity contribution in [1.29, 1.82) is 0 Å². The van der Waals surface area contributed by atoms with Gasteiger partial charge in [0.25, 0.3) is 0 Å². The molecule has 0 spiro atoms. The fraction of sp³-hybridized carbons (Fsp3) is 0.214. The number of rotatable bonds is 6. The number of unbranched alkanes of at least 4 members (excludes halogenated alkanes) is 4. The third-order valence-corrected chi connectivity index (χ3v) is 7.04. The molecule has 1 aromatic heterocycles. The predicted molar refractivity (Wildman–Crippen MR) is 132 cm³/mol. The van der Waals surface area contributed by atoms with Crippen LogP contribution in [0.1, 0.15) is 44.6 Å². The summed E-state index contributed by atoms with van der Waals surface area (Å²) in [5, 5.41) is 8.16.